The van der Waals surface area contributed by atoms with E-state index in [1.165, 1.54) is 0 Å². The van der Waals surface area contributed by atoms with Crippen molar-refractivity contribution >= 4 is 22.7 Å². The van der Waals surface area contributed by atoms with Crippen LogP contribution in [0.1, 0.15) is 10.4 Å². The minimum atomic E-state index is -0.225. The summed E-state index contributed by atoms with van der Waals surface area (Å²) in [6, 6.07) is 16.0. The first-order chi connectivity index (χ1) is 12.7. The van der Waals surface area contributed by atoms with Crippen LogP contribution in [0.2, 0.25) is 0 Å². The molecule has 1 amide bonds. The van der Waals surface area contributed by atoms with Crippen LogP contribution in [0.4, 0.5) is 5.69 Å². The lowest BCUT2D eigenvalue weighted by atomic mass is 10.2. The molecule has 0 aliphatic rings. The number of anilines is 1. The van der Waals surface area contributed by atoms with Gasteiger partial charge in [0.05, 0.1) is 7.11 Å². The van der Waals surface area contributed by atoms with Crippen molar-refractivity contribution in [2.75, 3.05) is 12.4 Å². The van der Waals surface area contributed by atoms with Crippen LogP contribution < -0.4 is 10.1 Å². The average molecular weight is 345 g/mol. The van der Waals surface area contributed by atoms with Gasteiger partial charge in [0.2, 0.25) is 5.89 Å². The molecule has 0 atom stereocenters. The Kier molecular flexibility index (Phi) is 4.07. The zero-order valence-electron chi connectivity index (χ0n) is 14.0. The second kappa shape index (κ2) is 6.68. The Morgan fingerprint density at radius 3 is 2.73 bits per heavy atom. The van der Waals surface area contributed by atoms with Gasteiger partial charge in [-0.25, -0.2) is 4.98 Å². The lowest BCUT2D eigenvalue weighted by Gasteiger charge is -2.06. The molecule has 0 aliphatic carbocycles. The van der Waals surface area contributed by atoms with E-state index in [-0.39, 0.29) is 5.91 Å². The van der Waals surface area contributed by atoms with Gasteiger partial charge < -0.3 is 14.5 Å². The summed E-state index contributed by atoms with van der Waals surface area (Å²) in [5.74, 6) is 0.918. The van der Waals surface area contributed by atoms with Gasteiger partial charge in [0.15, 0.2) is 5.58 Å². The fourth-order valence-corrected chi connectivity index (χ4v) is 2.59. The number of benzene rings is 2. The third kappa shape index (κ3) is 3.12. The van der Waals surface area contributed by atoms with E-state index < -0.39 is 0 Å². The van der Waals surface area contributed by atoms with Gasteiger partial charge in [-0.3, -0.25) is 9.78 Å². The molecule has 0 saturated heterocycles. The number of methoxy groups -OCH3 is 1. The Labute approximate surface area is 149 Å². The van der Waals surface area contributed by atoms with Crippen LogP contribution in [0.25, 0.3) is 22.6 Å². The third-order valence-electron chi connectivity index (χ3n) is 3.91. The number of ether oxygens (including phenoxy) is 1. The van der Waals surface area contributed by atoms with E-state index in [9.17, 15) is 4.79 Å². The van der Waals surface area contributed by atoms with Crippen LogP contribution in [0.3, 0.4) is 0 Å². The molecule has 6 nitrogen and oxygen atoms in total. The van der Waals surface area contributed by atoms with Crippen molar-refractivity contribution < 1.29 is 13.9 Å². The quantitative estimate of drug-likeness (QED) is 0.601. The molecule has 4 aromatic rings. The van der Waals surface area contributed by atoms with Crippen molar-refractivity contribution in [2.24, 2.45) is 0 Å². The van der Waals surface area contributed by atoms with Crippen molar-refractivity contribution in [1.29, 1.82) is 0 Å². The molecule has 2 aromatic heterocycles. The highest BCUT2D eigenvalue weighted by atomic mass is 16.5. The van der Waals surface area contributed by atoms with Gasteiger partial charge in [-0.05, 0) is 42.5 Å². The van der Waals surface area contributed by atoms with Crippen molar-refractivity contribution in [1.82, 2.24) is 9.97 Å². The Bertz CT molecular complexity index is 1070. The van der Waals surface area contributed by atoms with Crippen molar-refractivity contribution in [3.05, 3.63) is 72.6 Å². The number of nitrogens with one attached hydrogen (secondary N) is 1. The second-order valence-corrected chi connectivity index (χ2v) is 5.62. The maximum atomic E-state index is 12.4. The molecule has 0 radical (unpaired) electrons. The topological polar surface area (TPSA) is 77.2 Å². The summed E-state index contributed by atoms with van der Waals surface area (Å²) < 4.78 is 11.0. The molecule has 26 heavy (non-hydrogen) atoms. The number of aromatic nitrogens is 2. The Morgan fingerprint density at radius 1 is 1.08 bits per heavy atom. The van der Waals surface area contributed by atoms with Crippen LogP contribution >= 0.6 is 0 Å². The third-order valence-corrected chi connectivity index (χ3v) is 3.91. The maximum absolute atomic E-state index is 12.4. The number of hydrogen-bond donors (Lipinski definition) is 1. The number of fused-ring (bicyclic) bond motifs is 1. The first kappa shape index (κ1) is 15.8. The normalized spacial score (nSPS) is 10.7. The monoisotopic (exact) mass is 345 g/mol. The average Bonchev–Trinajstić information content (AvgIpc) is 3.12. The minimum Gasteiger partial charge on any atom is -0.497 e. The van der Waals surface area contributed by atoms with Gasteiger partial charge in [-0.1, -0.05) is 6.07 Å². The van der Waals surface area contributed by atoms with E-state index in [1.54, 1.807) is 55.9 Å². The minimum absolute atomic E-state index is 0.225. The highest BCUT2D eigenvalue weighted by Gasteiger charge is 2.11. The Morgan fingerprint density at radius 2 is 1.92 bits per heavy atom. The number of rotatable bonds is 4. The molecule has 0 unspecified atom stereocenters. The SMILES string of the molecule is COc1cccc(C(=O)Nc2ccc3nc(-c4ccncc4)oc3c2)c1. The van der Waals surface area contributed by atoms with Crippen LogP contribution in [0.15, 0.2) is 71.4 Å². The molecule has 2 aromatic carbocycles. The van der Waals surface area contributed by atoms with E-state index in [1.807, 2.05) is 18.2 Å². The zero-order valence-corrected chi connectivity index (χ0v) is 14.0. The smallest absolute Gasteiger partial charge is 0.255 e. The highest BCUT2D eigenvalue weighted by Crippen LogP contribution is 2.26. The van der Waals surface area contributed by atoms with Gasteiger partial charge in [-0.15, -0.1) is 0 Å². The largest absolute Gasteiger partial charge is 0.497 e. The Balaban J connectivity index is 1.60. The number of amides is 1. The predicted octanol–water partition coefficient (Wildman–Crippen LogP) is 4.15. The van der Waals surface area contributed by atoms with Gasteiger partial charge in [0.25, 0.3) is 5.91 Å². The number of oxazole rings is 1. The van der Waals surface area contributed by atoms with E-state index in [4.69, 9.17) is 9.15 Å². The van der Waals surface area contributed by atoms with Gasteiger partial charge in [-0.2, -0.15) is 0 Å². The number of pyridine rings is 1. The molecule has 1 N–H and O–H groups in total. The zero-order chi connectivity index (χ0) is 17.9. The van der Waals surface area contributed by atoms with Gasteiger partial charge in [0, 0.05) is 35.3 Å². The first-order valence-electron chi connectivity index (χ1n) is 7.99. The molecule has 0 spiro atoms. The van der Waals surface area contributed by atoms with Crippen molar-refractivity contribution in [3.8, 4) is 17.2 Å². The molecule has 0 bridgehead atoms. The molecule has 6 heteroatoms. The summed E-state index contributed by atoms with van der Waals surface area (Å²) in [7, 11) is 1.56. The van der Waals surface area contributed by atoms with Crippen molar-refractivity contribution in [3.63, 3.8) is 0 Å². The second-order valence-electron chi connectivity index (χ2n) is 5.62. The summed E-state index contributed by atoms with van der Waals surface area (Å²) in [5.41, 5.74) is 3.30. The van der Waals surface area contributed by atoms with Crippen LogP contribution in [-0.2, 0) is 0 Å². The molecule has 4 rings (SSSR count). The van der Waals surface area contributed by atoms with E-state index in [0.29, 0.717) is 28.5 Å². The van der Waals surface area contributed by atoms with Crippen molar-refractivity contribution in [2.45, 2.75) is 0 Å². The Hall–Kier alpha value is -3.67. The number of nitrogens with zero attached hydrogens (tertiary/aromatic N) is 2. The summed E-state index contributed by atoms with van der Waals surface area (Å²) >= 11 is 0. The molecule has 0 fully saturated rings. The van der Waals surface area contributed by atoms with Gasteiger partial charge in [0.1, 0.15) is 11.3 Å². The molecular weight excluding hydrogens is 330 g/mol. The predicted molar refractivity (Wildman–Crippen MR) is 98.2 cm³/mol. The lowest BCUT2D eigenvalue weighted by molar-refractivity contribution is 0.102. The van der Waals surface area contributed by atoms with E-state index >= 15 is 0 Å². The maximum Gasteiger partial charge on any atom is 0.255 e. The standard InChI is InChI=1S/C20H15N3O3/c1-25-16-4-2-3-14(11-16)19(24)22-15-5-6-17-18(12-15)26-20(23-17)13-7-9-21-10-8-13/h2-12H,1H3,(H,22,24). The molecule has 0 saturated carbocycles. The number of carbonyl (C=O) groups excluding carboxylic acids is 1. The highest BCUT2D eigenvalue weighted by molar-refractivity contribution is 6.05. The summed E-state index contributed by atoms with van der Waals surface area (Å²) in [4.78, 5) is 20.9. The van der Waals surface area contributed by atoms with Gasteiger partial charge >= 0.3 is 0 Å². The fraction of sp³-hybridized carbons (Fsp3) is 0.0500. The summed E-state index contributed by atoms with van der Waals surface area (Å²) in [6.07, 6.45) is 3.37. The van der Waals surface area contributed by atoms with Crippen LogP contribution in [0, 0.1) is 0 Å². The summed E-state index contributed by atoms with van der Waals surface area (Å²) in [5, 5.41) is 2.86. The van der Waals surface area contributed by atoms with Crippen LogP contribution in [0.5, 0.6) is 5.75 Å². The molecular formula is C20H15N3O3. The van der Waals surface area contributed by atoms with E-state index in [2.05, 4.69) is 15.3 Å². The molecule has 0 aliphatic heterocycles. The molecule has 128 valence electrons. The first-order valence-corrected chi connectivity index (χ1v) is 7.99. The summed E-state index contributed by atoms with van der Waals surface area (Å²) in [6.45, 7) is 0. The van der Waals surface area contributed by atoms with E-state index in [0.717, 1.165) is 11.1 Å². The molecule has 2 heterocycles. The lowest BCUT2D eigenvalue weighted by Crippen LogP contribution is -2.11. The fourth-order valence-electron chi connectivity index (χ4n) is 2.59. The van der Waals surface area contributed by atoms with Crippen LogP contribution in [-0.4, -0.2) is 23.0 Å². The number of hydrogen-bond acceptors (Lipinski definition) is 5. The number of carbonyl (C=O) groups is 1.